The van der Waals surface area contributed by atoms with Gasteiger partial charge in [-0.1, -0.05) is 12.1 Å². The van der Waals surface area contributed by atoms with E-state index >= 15 is 0 Å². The maximum Gasteiger partial charge on any atom is 0.330 e. The predicted molar refractivity (Wildman–Crippen MR) is 208 cm³/mol. The van der Waals surface area contributed by atoms with Gasteiger partial charge in [0.1, 0.15) is 6.61 Å². The summed E-state index contributed by atoms with van der Waals surface area (Å²) >= 11 is 0. The minimum absolute atomic E-state index is 0.0106. The van der Waals surface area contributed by atoms with Gasteiger partial charge in [0.2, 0.25) is 5.75 Å². The van der Waals surface area contributed by atoms with Crippen molar-refractivity contribution in [1.82, 2.24) is 5.32 Å². The highest BCUT2D eigenvalue weighted by molar-refractivity contribution is 5.95. The number of para-hydroxylation sites is 1. The molecule has 0 bridgehead atoms. The van der Waals surface area contributed by atoms with Crippen molar-refractivity contribution in [2.45, 2.75) is 47.0 Å². The van der Waals surface area contributed by atoms with Crippen LogP contribution in [0.1, 0.15) is 60.3 Å². The van der Waals surface area contributed by atoms with Gasteiger partial charge in [0.05, 0.1) is 39.6 Å². The van der Waals surface area contributed by atoms with Crippen LogP contribution < -0.4 is 29.0 Å². The van der Waals surface area contributed by atoms with Crippen molar-refractivity contribution in [3.05, 3.63) is 82.4 Å². The third-order valence-corrected chi connectivity index (χ3v) is 7.26. The summed E-state index contributed by atoms with van der Waals surface area (Å²) in [5, 5.41) is 30.1. The number of methoxy groups -OCH3 is 1. The summed E-state index contributed by atoms with van der Waals surface area (Å²) < 4.78 is 35.2. The number of ether oxygens (including phenoxy) is 7. The molecular formula is C41H43NO19. The van der Waals surface area contributed by atoms with Crippen molar-refractivity contribution >= 4 is 59.7 Å². The average molecular weight is 854 g/mol. The van der Waals surface area contributed by atoms with Crippen molar-refractivity contribution in [2.75, 3.05) is 33.5 Å². The van der Waals surface area contributed by atoms with Crippen molar-refractivity contribution in [2.24, 2.45) is 0 Å². The molecule has 3 aromatic rings. The maximum absolute atomic E-state index is 12.6. The topological polar surface area (TPSA) is 291 Å². The van der Waals surface area contributed by atoms with E-state index < -0.39 is 72.9 Å². The van der Waals surface area contributed by atoms with Crippen LogP contribution in [0.15, 0.2) is 54.6 Å². The Hall–Kier alpha value is -7.61. The molecule has 0 radical (unpaired) electrons. The third-order valence-electron chi connectivity index (χ3n) is 7.26. The van der Waals surface area contributed by atoms with E-state index in [2.05, 4.69) is 5.32 Å². The zero-order valence-corrected chi connectivity index (χ0v) is 33.6. The first-order chi connectivity index (χ1) is 28.8. The molecule has 0 aliphatic heterocycles. The standard InChI is InChI=1S/C29H31NO13.C12H12O6/c1-17(31)43-23-5-3-18(11-24(23)40-2)4-6-28(38)42-10-9-41-8-7-30-29(39)21-12-19(14-25(32)33)22(16-27(36)37)20(13-21)15-26(34)35;1-7(13)16-10-5-4-6-11(17-8(2)14)12(10)18-9(3)15/h3-6,11-13H,7-10,14-16H2,1-2H3,(H,30,39)(H,32,33)(H,34,35)(H,36,37);4-6H,1-3H3/b6-4+;. The van der Waals surface area contributed by atoms with Crippen molar-refractivity contribution in [3.63, 3.8) is 0 Å². The first-order valence-corrected chi connectivity index (χ1v) is 17.8. The van der Waals surface area contributed by atoms with E-state index in [0.717, 1.165) is 0 Å². The van der Waals surface area contributed by atoms with Crippen LogP contribution in [0.25, 0.3) is 6.08 Å². The second-order valence-electron chi connectivity index (χ2n) is 12.2. The van der Waals surface area contributed by atoms with E-state index in [9.17, 15) is 58.5 Å². The van der Waals surface area contributed by atoms with Gasteiger partial charge < -0.3 is 53.8 Å². The second kappa shape index (κ2) is 25.0. The summed E-state index contributed by atoms with van der Waals surface area (Å²) in [6.07, 6.45) is 0.894. The third kappa shape index (κ3) is 18.7. The van der Waals surface area contributed by atoms with Gasteiger partial charge in [-0.3, -0.25) is 38.4 Å². The molecule has 0 aliphatic carbocycles. The number of esters is 5. The van der Waals surface area contributed by atoms with Crippen molar-refractivity contribution in [1.29, 1.82) is 0 Å². The summed E-state index contributed by atoms with van der Waals surface area (Å²) in [7, 11) is 1.41. The van der Waals surface area contributed by atoms with E-state index in [1.807, 2.05) is 0 Å². The minimum atomic E-state index is -1.28. The molecule has 4 N–H and O–H groups in total. The van der Waals surface area contributed by atoms with Crippen LogP contribution in [0.5, 0.6) is 28.7 Å². The molecule has 0 unspecified atom stereocenters. The Morgan fingerprint density at radius 2 is 1.13 bits per heavy atom. The van der Waals surface area contributed by atoms with Gasteiger partial charge >= 0.3 is 47.8 Å². The van der Waals surface area contributed by atoms with Gasteiger partial charge in [-0.15, -0.1) is 0 Å². The first kappa shape index (κ1) is 49.5. The number of carbonyl (C=O) groups excluding carboxylic acids is 6. The highest BCUT2D eigenvalue weighted by atomic mass is 16.6. The molecular weight excluding hydrogens is 810 g/mol. The van der Waals surface area contributed by atoms with E-state index in [-0.39, 0.29) is 71.6 Å². The first-order valence-electron chi connectivity index (χ1n) is 17.8. The molecule has 3 rings (SSSR count). The fourth-order valence-electron chi connectivity index (χ4n) is 5.04. The van der Waals surface area contributed by atoms with Gasteiger partial charge in [0.15, 0.2) is 23.0 Å². The summed E-state index contributed by atoms with van der Waals surface area (Å²) in [5.41, 5.74) is 0.672. The van der Waals surface area contributed by atoms with Gasteiger partial charge in [-0.05, 0) is 64.7 Å². The molecule has 1 amide bonds. The molecule has 0 saturated heterocycles. The smallest absolute Gasteiger partial charge is 0.330 e. The number of carbonyl (C=O) groups is 9. The Morgan fingerprint density at radius 3 is 1.62 bits per heavy atom. The summed E-state index contributed by atoms with van der Waals surface area (Å²) in [6.45, 7) is 4.86. The fourth-order valence-corrected chi connectivity index (χ4v) is 5.04. The molecule has 326 valence electrons. The molecule has 20 heteroatoms. The zero-order valence-electron chi connectivity index (χ0n) is 33.6. The highest BCUT2D eigenvalue weighted by Gasteiger charge is 2.21. The SMILES string of the molecule is CC(=O)Oc1cccc(OC(C)=O)c1OC(C)=O.COc1cc(/C=C/C(=O)OCCOCCNC(=O)c2cc(CC(=O)O)c(CC(=O)O)c(CC(=O)O)c2)ccc1OC(C)=O. The number of carboxylic acids is 3. The van der Waals surface area contributed by atoms with Gasteiger partial charge in [0, 0.05) is 45.9 Å². The Labute approximate surface area is 347 Å². The quantitative estimate of drug-likeness (QED) is 0.0550. The number of rotatable bonds is 20. The Bertz CT molecular complexity index is 2080. The van der Waals surface area contributed by atoms with Gasteiger partial charge in [-0.25, -0.2) is 4.79 Å². The van der Waals surface area contributed by atoms with E-state index in [4.69, 9.17) is 33.2 Å². The van der Waals surface area contributed by atoms with Crippen molar-refractivity contribution < 1.29 is 91.6 Å². The number of benzene rings is 3. The monoisotopic (exact) mass is 853 g/mol. The molecule has 0 heterocycles. The van der Waals surface area contributed by atoms with E-state index in [1.54, 1.807) is 12.1 Å². The molecule has 0 atom stereocenters. The zero-order chi connectivity index (χ0) is 45.6. The lowest BCUT2D eigenvalue weighted by Crippen LogP contribution is -2.28. The average Bonchev–Trinajstić information content (AvgIpc) is 3.15. The number of aliphatic carboxylic acids is 3. The number of carboxylic acid groups (broad SMARTS) is 3. The lowest BCUT2D eigenvalue weighted by Gasteiger charge is -2.15. The molecule has 3 aromatic carbocycles. The van der Waals surface area contributed by atoms with Crippen LogP contribution in [0, 0.1) is 0 Å². The molecule has 0 saturated carbocycles. The summed E-state index contributed by atoms with van der Waals surface area (Å²) in [6, 6.07) is 11.5. The Morgan fingerprint density at radius 1 is 0.607 bits per heavy atom. The lowest BCUT2D eigenvalue weighted by atomic mass is 9.91. The highest BCUT2D eigenvalue weighted by Crippen LogP contribution is 2.37. The predicted octanol–water partition coefficient (Wildman–Crippen LogP) is 2.97. The molecule has 0 aliphatic rings. The number of hydrogen-bond donors (Lipinski definition) is 4. The number of hydrogen-bond acceptors (Lipinski definition) is 16. The number of nitrogens with one attached hydrogen (secondary N) is 1. The van der Waals surface area contributed by atoms with Crippen LogP contribution in [-0.2, 0) is 67.1 Å². The van der Waals surface area contributed by atoms with Crippen LogP contribution in [0.3, 0.4) is 0 Å². The van der Waals surface area contributed by atoms with Gasteiger partial charge in [-0.2, -0.15) is 0 Å². The Kier molecular flexibility index (Phi) is 20.3. The van der Waals surface area contributed by atoms with E-state index in [1.165, 1.54) is 83.4 Å². The molecule has 0 fully saturated rings. The maximum atomic E-state index is 12.6. The molecule has 61 heavy (non-hydrogen) atoms. The summed E-state index contributed by atoms with van der Waals surface area (Å²) in [5.74, 6) is -6.92. The van der Waals surface area contributed by atoms with Crippen LogP contribution >= 0.6 is 0 Å². The van der Waals surface area contributed by atoms with E-state index in [0.29, 0.717) is 11.3 Å². The minimum Gasteiger partial charge on any atom is -0.493 e. The van der Waals surface area contributed by atoms with Crippen molar-refractivity contribution in [3.8, 4) is 28.7 Å². The lowest BCUT2D eigenvalue weighted by molar-refractivity contribution is -0.139. The normalized spacial score (nSPS) is 10.3. The van der Waals surface area contributed by atoms with Crippen LogP contribution in [0.2, 0.25) is 0 Å². The fraction of sp³-hybridized carbons (Fsp3) is 0.293. The largest absolute Gasteiger partial charge is 0.493 e. The van der Waals surface area contributed by atoms with Crippen LogP contribution in [0.4, 0.5) is 0 Å². The van der Waals surface area contributed by atoms with Crippen LogP contribution in [-0.4, -0.2) is 102 Å². The van der Waals surface area contributed by atoms with Gasteiger partial charge in [0.25, 0.3) is 5.91 Å². The molecule has 0 aromatic heterocycles. The summed E-state index contributed by atoms with van der Waals surface area (Å²) in [4.78, 5) is 102. The Balaban J connectivity index is 0.000000592. The second-order valence-corrected chi connectivity index (χ2v) is 12.2. The molecule has 20 nitrogen and oxygen atoms in total. The number of amides is 1. The molecule has 0 spiro atoms.